The van der Waals surface area contributed by atoms with Gasteiger partial charge in [0.2, 0.25) is 0 Å². The highest BCUT2D eigenvalue weighted by Crippen LogP contribution is 2.15. The predicted octanol–water partition coefficient (Wildman–Crippen LogP) is 0.211. The number of nitrogens with two attached hydrogens (primary N) is 1. The number of nitrogens with one attached hydrogen (secondary N) is 1. The van der Waals surface area contributed by atoms with Crippen LogP contribution in [-0.4, -0.2) is 23.1 Å². The number of aromatic nitrogens is 2. The Morgan fingerprint density at radius 1 is 1.46 bits per heavy atom. The Kier molecular flexibility index (Phi) is 2.40. The van der Waals surface area contributed by atoms with Gasteiger partial charge in [-0.15, -0.1) is 0 Å². The molecule has 70 valence electrons. The summed E-state index contributed by atoms with van der Waals surface area (Å²) < 4.78 is 0. The lowest BCUT2D eigenvalue weighted by Gasteiger charge is -2.07. The van der Waals surface area contributed by atoms with Gasteiger partial charge in [-0.25, -0.2) is 4.98 Å². The van der Waals surface area contributed by atoms with E-state index >= 15 is 0 Å². The average Bonchev–Trinajstić information content (AvgIpc) is 2.61. The average molecular weight is 178 g/mol. The normalized spacial score (nSPS) is 22.0. The summed E-state index contributed by atoms with van der Waals surface area (Å²) in [5.74, 6) is 1.26. The maximum absolute atomic E-state index is 5.70. The van der Waals surface area contributed by atoms with Crippen molar-refractivity contribution in [3.05, 3.63) is 18.1 Å². The fourth-order valence-corrected chi connectivity index (χ4v) is 1.70. The highest BCUT2D eigenvalue weighted by molar-refractivity contribution is 5.33. The Bertz CT molecular complexity index is 281. The van der Waals surface area contributed by atoms with E-state index in [9.17, 15) is 0 Å². The number of rotatable bonds is 2. The second kappa shape index (κ2) is 3.70. The van der Waals surface area contributed by atoms with Gasteiger partial charge < -0.3 is 11.1 Å². The smallest absolute Gasteiger partial charge is 0.145 e. The van der Waals surface area contributed by atoms with Crippen LogP contribution in [0.25, 0.3) is 0 Å². The molecule has 0 bridgehead atoms. The van der Waals surface area contributed by atoms with Crippen LogP contribution >= 0.6 is 0 Å². The molecule has 1 aromatic rings. The van der Waals surface area contributed by atoms with Crippen LogP contribution in [0.4, 0.5) is 5.82 Å². The number of hydrogen-bond acceptors (Lipinski definition) is 4. The SMILES string of the molecule is Nc1nccnc1CC1CCNC1. The molecular formula is C9H14N4. The molecule has 3 N–H and O–H groups in total. The van der Waals surface area contributed by atoms with E-state index in [0.717, 1.165) is 25.2 Å². The molecule has 0 spiro atoms. The van der Waals surface area contributed by atoms with Crippen LogP contribution in [-0.2, 0) is 6.42 Å². The predicted molar refractivity (Wildman–Crippen MR) is 51.1 cm³/mol. The molecule has 0 saturated carbocycles. The standard InChI is InChI=1S/C9H14N4/c10-9-8(12-3-4-13-9)5-7-1-2-11-6-7/h3-4,7,11H,1-2,5-6H2,(H2,10,13). The van der Waals surface area contributed by atoms with E-state index in [2.05, 4.69) is 15.3 Å². The van der Waals surface area contributed by atoms with Crippen LogP contribution in [0, 0.1) is 5.92 Å². The largest absolute Gasteiger partial charge is 0.382 e. The van der Waals surface area contributed by atoms with Crippen LogP contribution in [0.3, 0.4) is 0 Å². The lowest BCUT2D eigenvalue weighted by Crippen LogP contribution is -2.12. The van der Waals surface area contributed by atoms with Crippen molar-refractivity contribution in [3.8, 4) is 0 Å². The molecule has 4 nitrogen and oxygen atoms in total. The quantitative estimate of drug-likeness (QED) is 0.679. The van der Waals surface area contributed by atoms with Gasteiger partial charge in [-0.3, -0.25) is 4.98 Å². The molecule has 2 rings (SSSR count). The number of hydrogen-bond donors (Lipinski definition) is 2. The van der Waals surface area contributed by atoms with Gasteiger partial charge in [-0.2, -0.15) is 0 Å². The van der Waals surface area contributed by atoms with Crippen molar-refractivity contribution in [1.29, 1.82) is 0 Å². The van der Waals surface area contributed by atoms with E-state index in [0.29, 0.717) is 11.7 Å². The van der Waals surface area contributed by atoms with Crippen molar-refractivity contribution in [2.24, 2.45) is 5.92 Å². The van der Waals surface area contributed by atoms with Crippen LogP contribution in [0.1, 0.15) is 12.1 Å². The van der Waals surface area contributed by atoms with E-state index in [1.54, 1.807) is 12.4 Å². The molecule has 1 aliphatic heterocycles. The first-order chi connectivity index (χ1) is 6.36. The lowest BCUT2D eigenvalue weighted by atomic mass is 10.0. The zero-order valence-corrected chi connectivity index (χ0v) is 7.53. The van der Waals surface area contributed by atoms with Crippen molar-refractivity contribution in [2.75, 3.05) is 18.8 Å². The third-order valence-electron chi connectivity index (χ3n) is 2.45. The van der Waals surface area contributed by atoms with Crippen LogP contribution in [0.15, 0.2) is 12.4 Å². The molecule has 1 aliphatic rings. The van der Waals surface area contributed by atoms with E-state index < -0.39 is 0 Å². The molecular weight excluding hydrogens is 164 g/mol. The van der Waals surface area contributed by atoms with Crippen molar-refractivity contribution >= 4 is 5.82 Å². The molecule has 0 aromatic carbocycles. The fraction of sp³-hybridized carbons (Fsp3) is 0.556. The van der Waals surface area contributed by atoms with Gasteiger partial charge in [0.05, 0.1) is 5.69 Å². The van der Waals surface area contributed by atoms with Gasteiger partial charge in [0.1, 0.15) is 5.82 Å². The summed E-state index contributed by atoms with van der Waals surface area (Å²) in [7, 11) is 0. The monoisotopic (exact) mass is 178 g/mol. The molecule has 0 amide bonds. The van der Waals surface area contributed by atoms with Gasteiger partial charge in [0.15, 0.2) is 0 Å². The summed E-state index contributed by atoms with van der Waals surface area (Å²) in [6.07, 6.45) is 5.50. The third-order valence-corrected chi connectivity index (χ3v) is 2.45. The fourth-order valence-electron chi connectivity index (χ4n) is 1.70. The minimum atomic E-state index is 0.578. The molecule has 0 aliphatic carbocycles. The Balaban J connectivity index is 2.04. The van der Waals surface area contributed by atoms with Crippen LogP contribution in [0.2, 0.25) is 0 Å². The highest BCUT2D eigenvalue weighted by Gasteiger charge is 2.16. The second-order valence-electron chi connectivity index (χ2n) is 3.45. The summed E-state index contributed by atoms with van der Waals surface area (Å²) in [6.45, 7) is 2.20. The Hall–Kier alpha value is -1.16. The van der Waals surface area contributed by atoms with Crippen molar-refractivity contribution in [1.82, 2.24) is 15.3 Å². The molecule has 1 atom stereocenters. The number of nitrogens with zero attached hydrogens (tertiary/aromatic N) is 2. The Labute approximate surface area is 77.6 Å². The number of anilines is 1. The summed E-state index contributed by atoms with van der Waals surface area (Å²) in [5, 5.41) is 3.32. The van der Waals surface area contributed by atoms with Crippen molar-refractivity contribution < 1.29 is 0 Å². The first-order valence-electron chi connectivity index (χ1n) is 4.62. The third kappa shape index (κ3) is 1.95. The first-order valence-corrected chi connectivity index (χ1v) is 4.62. The minimum absolute atomic E-state index is 0.578. The second-order valence-corrected chi connectivity index (χ2v) is 3.45. The van der Waals surface area contributed by atoms with E-state index in [1.807, 2.05) is 0 Å². The van der Waals surface area contributed by atoms with Gasteiger partial charge in [0.25, 0.3) is 0 Å². The highest BCUT2D eigenvalue weighted by atomic mass is 14.9. The molecule has 4 heteroatoms. The summed E-state index contributed by atoms with van der Waals surface area (Å²) >= 11 is 0. The Morgan fingerprint density at radius 2 is 2.31 bits per heavy atom. The van der Waals surface area contributed by atoms with E-state index in [1.165, 1.54) is 6.42 Å². The molecule has 1 aromatic heterocycles. The molecule has 1 unspecified atom stereocenters. The molecule has 0 radical (unpaired) electrons. The zero-order chi connectivity index (χ0) is 9.10. The van der Waals surface area contributed by atoms with Gasteiger partial charge in [0, 0.05) is 12.4 Å². The summed E-state index contributed by atoms with van der Waals surface area (Å²) in [6, 6.07) is 0. The summed E-state index contributed by atoms with van der Waals surface area (Å²) in [4.78, 5) is 8.24. The molecule has 1 saturated heterocycles. The van der Waals surface area contributed by atoms with Crippen molar-refractivity contribution in [2.45, 2.75) is 12.8 Å². The van der Waals surface area contributed by atoms with Gasteiger partial charge in [-0.05, 0) is 31.8 Å². The molecule has 2 heterocycles. The van der Waals surface area contributed by atoms with Gasteiger partial charge in [-0.1, -0.05) is 0 Å². The molecule has 1 fully saturated rings. The summed E-state index contributed by atoms with van der Waals surface area (Å²) in [5.41, 5.74) is 6.65. The Morgan fingerprint density at radius 3 is 3.00 bits per heavy atom. The lowest BCUT2D eigenvalue weighted by molar-refractivity contribution is 0.571. The minimum Gasteiger partial charge on any atom is -0.382 e. The maximum Gasteiger partial charge on any atom is 0.145 e. The van der Waals surface area contributed by atoms with E-state index in [4.69, 9.17) is 5.73 Å². The van der Waals surface area contributed by atoms with Crippen molar-refractivity contribution in [3.63, 3.8) is 0 Å². The van der Waals surface area contributed by atoms with Gasteiger partial charge >= 0.3 is 0 Å². The molecule has 13 heavy (non-hydrogen) atoms. The zero-order valence-electron chi connectivity index (χ0n) is 7.53. The van der Waals surface area contributed by atoms with Crippen LogP contribution in [0.5, 0.6) is 0 Å². The maximum atomic E-state index is 5.70. The van der Waals surface area contributed by atoms with Crippen LogP contribution < -0.4 is 11.1 Å². The van der Waals surface area contributed by atoms with E-state index in [-0.39, 0.29) is 0 Å². The first kappa shape index (κ1) is 8.44. The number of nitrogen functional groups attached to an aromatic ring is 1. The topological polar surface area (TPSA) is 63.8 Å².